The third-order valence-corrected chi connectivity index (χ3v) is 18.5. The SMILES string of the molecule is CC[C@H](C)[C@@H]1NC(=O)[C@@H](NC(=O)CCCN(C)C(=O)c2ccccc2-c2c3ccc(=[N+](CC)CC)cc-3oc3cc(N(CC)CC)ccc23)Cc2cn(nn2)CCCC[C@@H](C(N)=O)NC(=O)[C@@H]2CCCN2C(=O)[C@H](CO)NC(=O)[C@H](Cc2ccc(O)cc2)NC(=O)[C@H](CC(=O)O)NC1=O. The van der Waals surface area contributed by atoms with E-state index in [1.165, 1.54) is 38.7 Å². The van der Waals surface area contributed by atoms with E-state index in [-0.39, 0.29) is 81.9 Å². The van der Waals surface area contributed by atoms with Gasteiger partial charge in [-0.1, -0.05) is 55.8 Å². The molecule has 4 heterocycles. The van der Waals surface area contributed by atoms with Gasteiger partial charge >= 0.3 is 5.97 Å². The van der Waals surface area contributed by atoms with Crippen molar-refractivity contribution in [3.63, 3.8) is 0 Å². The highest BCUT2D eigenvalue weighted by Crippen LogP contribution is 2.42. The number of fused-ring (bicyclic) bond motifs is 5. The van der Waals surface area contributed by atoms with Crippen LogP contribution in [0, 0.1) is 5.92 Å². The lowest BCUT2D eigenvalue weighted by atomic mass is 9.90. The topological polar surface area (TPSA) is 386 Å². The van der Waals surface area contributed by atoms with Crippen LogP contribution in [0.25, 0.3) is 33.4 Å². The van der Waals surface area contributed by atoms with Crippen LogP contribution in [-0.4, -0.2) is 194 Å². The number of nitrogens with zero attached hydrogens (tertiary/aromatic N) is 7. The minimum atomic E-state index is -1.89. The number of nitrogens with two attached hydrogens (primary N) is 1. The van der Waals surface area contributed by atoms with Crippen LogP contribution < -0.4 is 52.5 Å². The molecule has 0 unspecified atom stereocenters. The Labute approximate surface area is 574 Å². The van der Waals surface area contributed by atoms with Gasteiger partial charge in [-0.3, -0.25) is 52.6 Å². The number of anilines is 1. The van der Waals surface area contributed by atoms with Crippen molar-refractivity contribution in [2.24, 2.45) is 11.7 Å². The van der Waals surface area contributed by atoms with Gasteiger partial charge in [0.15, 0.2) is 0 Å². The van der Waals surface area contributed by atoms with Crippen molar-refractivity contribution in [1.29, 1.82) is 0 Å². The van der Waals surface area contributed by atoms with Crippen LogP contribution in [0.5, 0.6) is 5.75 Å². The minimum Gasteiger partial charge on any atom is -0.508 e. The van der Waals surface area contributed by atoms with Gasteiger partial charge in [-0.25, -0.2) is 4.58 Å². The van der Waals surface area contributed by atoms with E-state index >= 15 is 0 Å². The summed E-state index contributed by atoms with van der Waals surface area (Å²) < 4.78 is 10.4. The van der Waals surface area contributed by atoms with E-state index in [0.29, 0.717) is 47.3 Å². The number of hydrogen-bond acceptors (Lipinski definition) is 16. The maximum Gasteiger partial charge on any atom is 0.305 e. The molecule has 8 rings (SSSR count). The number of benzene rings is 4. The van der Waals surface area contributed by atoms with Gasteiger partial charge in [0.25, 0.3) is 5.91 Å². The summed E-state index contributed by atoms with van der Waals surface area (Å²) in [6.45, 7) is 14.3. The van der Waals surface area contributed by atoms with Gasteiger partial charge in [-0.2, -0.15) is 0 Å². The zero-order chi connectivity index (χ0) is 71.6. The predicted octanol–water partition coefficient (Wildman–Crippen LogP) is 2.58. The maximum absolute atomic E-state index is 14.8. The van der Waals surface area contributed by atoms with Gasteiger partial charge < -0.3 is 72.1 Å². The average Bonchev–Trinajstić information content (AvgIpc) is 1.66. The number of aromatic hydroxyl groups is 1. The molecule has 9 amide bonds. The number of carboxylic acids is 1. The molecule has 2 bridgehead atoms. The van der Waals surface area contributed by atoms with E-state index in [1.54, 1.807) is 39.2 Å². The van der Waals surface area contributed by atoms with Gasteiger partial charge in [0, 0.05) is 105 Å². The number of hydrogen-bond donors (Lipinski definition) is 10. The molecule has 8 atom stereocenters. The minimum absolute atomic E-state index is 0.0414. The summed E-state index contributed by atoms with van der Waals surface area (Å²) in [5.74, 6) is -9.06. The Morgan fingerprint density at radius 3 is 2.17 bits per heavy atom. The summed E-state index contributed by atoms with van der Waals surface area (Å²) in [6.07, 6.45) is 1.53. The molecular weight excluding hydrogens is 1270 g/mol. The molecule has 1 saturated heterocycles. The van der Waals surface area contributed by atoms with E-state index in [4.69, 9.17) is 10.2 Å². The standard InChI is InChI=1S/C71H92N14O14/c1-8-42(6)63-69(96)76-55(39-61(89)90)66(93)75-53(35-43-24-28-47(87)29-25-43)65(92)77-56(41-86)71(98)85-34-17-22-57(85)68(95)74-52(64(72)91)21-15-16-33-84-40-44(79-80-84)36-54(67(94)78-63)73-60(88)23-18-32-81(7)70(97)49-20-14-13-19-48(49)62-50-30-26-45(82(9-2)10-3)37-58(50)99-59-38-46(27-31-51(59)62)83(11-4)12-5/h13-14,19-20,24-31,37-38,40,42,52-57,63,86H,8-12,15-18,21-23,32-36,39,41H2,1-7H3,(H9-,72,73,74,75,76,77,78,87,88,89,90,91,92,93,94,95,96)/p+1/t42-,52-,53-,54-,55-,56-,57-,63-/m0/s1. The quantitative estimate of drug-likeness (QED) is 0.0388. The Balaban J connectivity index is 1.05. The first kappa shape index (κ1) is 74.5. The third-order valence-electron chi connectivity index (χ3n) is 18.5. The van der Waals surface area contributed by atoms with Crippen LogP contribution in [0.15, 0.2) is 95.5 Å². The van der Waals surface area contributed by atoms with Gasteiger partial charge in [-0.05, 0) is 120 Å². The highest BCUT2D eigenvalue weighted by molar-refractivity contribution is 6.09. The van der Waals surface area contributed by atoms with E-state index in [1.807, 2.05) is 36.4 Å². The summed E-state index contributed by atoms with van der Waals surface area (Å²) in [7, 11) is 1.64. The lowest BCUT2D eigenvalue weighted by Gasteiger charge is -2.30. The lowest BCUT2D eigenvalue weighted by molar-refractivity contribution is -0.143. The molecule has 28 heteroatoms. The van der Waals surface area contributed by atoms with E-state index < -0.39 is 114 Å². The fraction of sp³-hybridized carbons (Fsp3) is 0.479. The number of carbonyl (C=O) groups excluding carboxylic acids is 9. The molecule has 0 saturated carbocycles. The Kier molecular flexibility index (Phi) is 26.2. The van der Waals surface area contributed by atoms with Gasteiger partial charge in [0.05, 0.1) is 24.8 Å². The molecule has 530 valence electrons. The molecule has 1 fully saturated rings. The van der Waals surface area contributed by atoms with Crippen molar-refractivity contribution in [3.05, 3.63) is 113 Å². The normalized spacial score (nSPS) is 20.5. The van der Waals surface area contributed by atoms with Crippen LogP contribution in [0.4, 0.5) is 5.69 Å². The largest absolute Gasteiger partial charge is 0.508 e. The molecule has 99 heavy (non-hydrogen) atoms. The molecule has 1 aromatic heterocycles. The van der Waals surface area contributed by atoms with Crippen molar-refractivity contribution in [3.8, 4) is 28.2 Å². The van der Waals surface area contributed by atoms with Crippen molar-refractivity contribution in [1.82, 2.24) is 61.3 Å². The van der Waals surface area contributed by atoms with Crippen molar-refractivity contribution in [2.45, 2.75) is 161 Å². The number of aryl methyl sites for hydroxylation is 1. The Hall–Kier alpha value is -10.2. The number of phenolic OH excluding ortho intramolecular Hbond substituents is 1. The number of aliphatic carboxylic acids is 1. The van der Waals surface area contributed by atoms with E-state index in [9.17, 15) is 63.3 Å². The molecular formula is C71H93N14O14+. The second kappa shape index (κ2) is 34.8. The van der Waals surface area contributed by atoms with Gasteiger partial charge in [0.1, 0.15) is 72.5 Å². The van der Waals surface area contributed by atoms with Crippen LogP contribution in [0.3, 0.4) is 0 Å². The molecule has 0 spiro atoms. The second-order valence-corrected chi connectivity index (χ2v) is 25.2. The monoisotopic (exact) mass is 1370 g/mol. The third kappa shape index (κ3) is 18.9. The number of aromatic nitrogens is 3. The summed E-state index contributed by atoms with van der Waals surface area (Å²) >= 11 is 0. The fourth-order valence-electron chi connectivity index (χ4n) is 12.7. The van der Waals surface area contributed by atoms with Gasteiger partial charge in [-0.15, -0.1) is 5.10 Å². The highest BCUT2D eigenvalue weighted by Gasteiger charge is 2.41. The van der Waals surface area contributed by atoms with Gasteiger partial charge in [0.2, 0.25) is 52.6 Å². The van der Waals surface area contributed by atoms with E-state index in [0.717, 1.165) is 53.7 Å². The number of primary amides is 1. The summed E-state index contributed by atoms with van der Waals surface area (Å²) in [5.41, 5.74) is 10.8. The first-order valence-corrected chi connectivity index (χ1v) is 34.1. The predicted molar refractivity (Wildman–Crippen MR) is 368 cm³/mol. The molecule has 0 radical (unpaired) electrons. The van der Waals surface area contributed by atoms with Crippen LogP contribution in [-0.2, 0) is 62.5 Å². The maximum atomic E-state index is 14.8. The number of amides is 9. The first-order chi connectivity index (χ1) is 47.5. The number of carboxylic acid groups (broad SMARTS) is 1. The average molecular weight is 1370 g/mol. The van der Waals surface area contributed by atoms with Crippen LogP contribution in [0.1, 0.15) is 121 Å². The molecule has 3 aromatic carbocycles. The van der Waals surface area contributed by atoms with Crippen molar-refractivity contribution >= 4 is 75.8 Å². The smallest absolute Gasteiger partial charge is 0.305 e. The Morgan fingerprint density at radius 1 is 0.778 bits per heavy atom. The number of phenols is 1. The second-order valence-electron chi connectivity index (χ2n) is 25.2. The Morgan fingerprint density at radius 2 is 1.48 bits per heavy atom. The first-order valence-electron chi connectivity index (χ1n) is 34.1. The molecule has 4 aliphatic rings. The number of aliphatic hydroxyl groups is 1. The van der Waals surface area contributed by atoms with Crippen molar-refractivity contribution in [2.75, 3.05) is 57.8 Å². The molecule has 11 N–H and O–H groups in total. The summed E-state index contributed by atoms with van der Waals surface area (Å²) in [4.78, 5) is 145. The van der Waals surface area contributed by atoms with Crippen LogP contribution in [0.2, 0.25) is 0 Å². The van der Waals surface area contributed by atoms with Crippen molar-refractivity contribution < 1.29 is 67.7 Å². The zero-order valence-electron chi connectivity index (χ0n) is 57.3. The molecule has 28 nitrogen and oxygen atoms in total. The zero-order valence-corrected chi connectivity index (χ0v) is 57.3. The fourth-order valence-corrected chi connectivity index (χ4v) is 12.7. The number of carbonyl (C=O) groups is 10. The molecule has 3 aliphatic heterocycles. The van der Waals surface area contributed by atoms with E-state index in [2.05, 4.69) is 91.5 Å². The van der Waals surface area contributed by atoms with Crippen LogP contribution >= 0.6 is 0 Å². The highest BCUT2D eigenvalue weighted by atomic mass is 16.4. The number of nitrogens with one attached hydrogen (secondary N) is 6. The molecule has 4 aromatic rings. The number of rotatable bonds is 20. The molecule has 1 aliphatic carbocycles. The summed E-state index contributed by atoms with van der Waals surface area (Å²) in [5, 5.41) is 56.6. The lowest BCUT2D eigenvalue weighted by Crippen LogP contribution is -2.61. The number of aliphatic hydroxyl groups excluding tert-OH is 1. The Bertz CT molecular complexity index is 3940. The summed E-state index contributed by atoms with van der Waals surface area (Å²) in [6, 6.07) is 14.8.